The first-order chi connectivity index (χ1) is 14.4. The molecule has 0 aliphatic carbocycles. The van der Waals surface area contributed by atoms with Crippen molar-refractivity contribution in [2.24, 2.45) is 0 Å². The van der Waals surface area contributed by atoms with E-state index in [1.54, 1.807) is 0 Å². The van der Waals surface area contributed by atoms with E-state index in [1.165, 1.54) is 0 Å². The molecule has 0 spiro atoms. The van der Waals surface area contributed by atoms with Gasteiger partial charge in [0.15, 0.2) is 0 Å². The molecule has 1 fully saturated rings. The zero-order valence-corrected chi connectivity index (χ0v) is 17.6. The fraction of sp³-hybridized carbons (Fsp3) is 0.375. The van der Waals surface area contributed by atoms with Crippen LogP contribution < -0.4 is 5.32 Å². The summed E-state index contributed by atoms with van der Waals surface area (Å²) < 4.78 is 5.39. The molecule has 6 heteroatoms. The number of ether oxygens (including phenoxy) is 1. The Labute approximate surface area is 177 Å². The second-order valence-corrected chi connectivity index (χ2v) is 8.26. The molecule has 3 rings (SSSR count). The van der Waals surface area contributed by atoms with Crippen molar-refractivity contribution in [3.63, 3.8) is 0 Å². The lowest BCUT2D eigenvalue weighted by molar-refractivity contribution is -0.259. The van der Waals surface area contributed by atoms with Crippen molar-refractivity contribution in [2.75, 3.05) is 6.54 Å². The van der Waals surface area contributed by atoms with Crippen molar-refractivity contribution in [3.05, 3.63) is 77.4 Å². The van der Waals surface area contributed by atoms with Crippen LogP contribution in [0.25, 0.3) is 0 Å². The molecule has 6 nitrogen and oxygen atoms in total. The minimum atomic E-state index is -0.607. The van der Waals surface area contributed by atoms with Crippen LogP contribution in [0.5, 0.6) is 0 Å². The lowest BCUT2D eigenvalue weighted by Gasteiger charge is -2.43. The molecule has 2 atom stereocenters. The van der Waals surface area contributed by atoms with Gasteiger partial charge in [0, 0.05) is 12.1 Å². The van der Waals surface area contributed by atoms with Crippen LogP contribution in [-0.4, -0.2) is 35.3 Å². The highest BCUT2D eigenvalue weighted by molar-refractivity contribution is 5.70. The van der Waals surface area contributed by atoms with Gasteiger partial charge in [-0.1, -0.05) is 60.7 Å². The van der Waals surface area contributed by atoms with Gasteiger partial charge in [-0.3, -0.25) is 4.84 Å². The normalized spacial score (nSPS) is 19.8. The molecule has 1 N–H and O–H groups in total. The van der Waals surface area contributed by atoms with E-state index in [-0.39, 0.29) is 12.6 Å². The lowest BCUT2D eigenvalue weighted by atomic mass is 9.88. The Balaban J connectivity index is 1.82. The predicted octanol–water partition coefficient (Wildman–Crippen LogP) is 4.22. The minimum Gasteiger partial charge on any atom is -0.445 e. The maximum atomic E-state index is 12.6. The van der Waals surface area contributed by atoms with E-state index >= 15 is 0 Å². The average molecular weight is 408 g/mol. The van der Waals surface area contributed by atoms with Crippen molar-refractivity contribution >= 4 is 12.0 Å². The summed E-state index contributed by atoms with van der Waals surface area (Å²) in [5, 5.41) is 4.72. The van der Waals surface area contributed by atoms with Gasteiger partial charge in [-0.15, -0.1) is 0 Å². The van der Waals surface area contributed by atoms with E-state index in [9.17, 15) is 9.59 Å². The number of hydrogen-bond donors (Lipinski definition) is 1. The molecule has 1 saturated heterocycles. The third kappa shape index (κ3) is 5.80. The topological polar surface area (TPSA) is 67.9 Å². The Bertz CT molecular complexity index is 886. The van der Waals surface area contributed by atoms with Gasteiger partial charge in [0.2, 0.25) is 0 Å². The Hall–Kier alpha value is -2.92. The number of piperidine rings is 1. The molecule has 1 aliphatic rings. The number of rotatable bonds is 5. The molecule has 1 aliphatic heterocycles. The highest BCUT2D eigenvalue weighted by Crippen LogP contribution is 2.35. The van der Waals surface area contributed by atoms with Gasteiger partial charge in [0.25, 0.3) is 0 Å². The first kappa shape index (κ1) is 21.8. The Morgan fingerprint density at radius 3 is 2.33 bits per heavy atom. The van der Waals surface area contributed by atoms with Gasteiger partial charge in [-0.2, -0.15) is 5.06 Å². The largest absolute Gasteiger partial charge is 0.445 e. The fourth-order valence-corrected chi connectivity index (χ4v) is 3.52. The molecular weight excluding hydrogens is 380 g/mol. The van der Waals surface area contributed by atoms with E-state index in [2.05, 4.69) is 5.32 Å². The highest BCUT2D eigenvalue weighted by atomic mass is 16.7. The number of hydroxylamine groups is 2. The summed E-state index contributed by atoms with van der Waals surface area (Å²) in [6.45, 7) is 6.58. The Kier molecular flexibility index (Phi) is 7.06. The summed E-state index contributed by atoms with van der Waals surface area (Å²) >= 11 is 0. The Morgan fingerprint density at radius 2 is 1.73 bits per heavy atom. The molecule has 2 aromatic rings. The molecular formula is C24H28N2O4. The van der Waals surface area contributed by atoms with Crippen LogP contribution in [-0.2, 0) is 21.0 Å². The third-order valence-corrected chi connectivity index (χ3v) is 4.75. The van der Waals surface area contributed by atoms with Gasteiger partial charge in [0.1, 0.15) is 12.5 Å². The van der Waals surface area contributed by atoms with E-state index in [0.717, 1.165) is 11.1 Å². The summed E-state index contributed by atoms with van der Waals surface area (Å²) in [7, 11) is 0. The molecule has 2 aromatic carbocycles. The van der Waals surface area contributed by atoms with Crippen LogP contribution in [0, 0.1) is 0 Å². The van der Waals surface area contributed by atoms with Gasteiger partial charge in [-0.25, -0.2) is 9.59 Å². The molecule has 0 aromatic heterocycles. The maximum Gasteiger partial charge on any atom is 0.408 e. The first-order valence-electron chi connectivity index (χ1n) is 10.1. The number of nitrogens with one attached hydrogen (secondary N) is 1. The molecule has 0 radical (unpaired) electrons. The summed E-state index contributed by atoms with van der Waals surface area (Å²) in [5.41, 5.74) is 1.89. The fourth-order valence-electron chi connectivity index (χ4n) is 3.52. The zero-order chi connectivity index (χ0) is 21.6. The standard InChI is InChI=1S/C24H28N2O4/c1-24(2,3)30-26-15-14-20(16-27)21(22(26)19-12-8-5-9-13-19)25-23(28)29-17-18-10-6-4-7-11-18/h4-13,21-22H,14-15,17H2,1-3H3,(H,25,28)/t21-,22-/m0/s1. The number of benzene rings is 2. The number of carbonyl (C=O) groups excluding carboxylic acids is 2. The number of amides is 1. The zero-order valence-electron chi connectivity index (χ0n) is 17.6. The third-order valence-electron chi connectivity index (χ3n) is 4.75. The van der Waals surface area contributed by atoms with Gasteiger partial charge in [0.05, 0.1) is 17.7 Å². The quantitative estimate of drug-likeness (QED) is 0.751. The van der Waals surface area contributed by atoms with Crippen LogP contribution in [0.3, 0.4) is 0 Å². The SMILES string of the molecule is CC(C)(C)ON1CCC(=C=O)[C@H](NC(=O)OCc2ccccc2)[C@@H]1c1ccccc1. The second kappa shape index (κ2) is 9.72. The molecule has 1 amide bonds. The van der Waals surface area contributed by atoms with Gasteiger partial charge in [-0.05, 0) is 38.3 Å². The van der Waals surface area contributed by atoms with Crippen LogP contribution in [0.4, 0.5) is 4.79 Å². The van der Waals surface area contributed by atoms with Gasteiger partial charge >= 0.3 is 6.09 Å². The minimum absolute atomic E-state index is 0.151. The van der Waals surface area contributed by atoms with Crippen molar-refractivity contribution in [1.29, 1.82) is 0 Å². The molecule has 1 heterocycles. The molecule has 0 unspecified atom stereocenters. The van der Waals surface area contributed by atoms with Crippen LogP contribution in [0.2, 0.25) is 0 Å². The summed E-state index contributed by atoms with van der Waals surface area (Å²) in [6.07, 6.45) is -0.137. The molecule has 30 heavy (non-hydrogen) atoms. The monoisotopic (exact) mass is 408 g/mol. The van der Waals surface area contributed by atoms with Crippen molar-refractivity contribution in [1.82, 2.24) is 10.4 Å². The summed E-state index contributed by atoms with van der Waals surface area (Å²) in [5.74, 6) is 2.03. The molecule has 0 bridgehead atoms. The van der Waals surface area contributed by atoms with Crippen molar-refractivity contribution < 1.29 is 19.2 Å². The highest BCUT2D eigenvalue weighted by Gasteiger charge is 2.40. The second-order valence-electron chi connectivity index (χ2n) is 8.26. The number of carbonyl (C=O) groups is 1. The molecule has 0 saturated carbocycles. The number of alkyl carbamates (subject to hydrolysis) is 1. The van der Waals surface area contributed by atoms with E-state index in [1.807, 2.05) is 92.4 Å². The maximum absolute atomic E-state index is 12.6. The van der Waals surface area contributed by atoms with E-state index < -0.39 is 17.7 Å². The average Bonchev–Trinajstić information content (AvgIpc) is 2.73. The molecule has 158 valence electrons. The smallest absolute Gasteiger partial charge is 0.408 e. The Morgan fingerprint density at radius 1 is 1.10 bits per heavy atom. The number of nitrogens with zero attached hydrogens (tertiary/aromatic N) is 1. The van der Waals surface area contributed by atoms with Crippen LogP contribution >= 0.6 is 0 Å². The van der Waals surface area contributed by atoms with Crippen molar-refractivity contribution in [2.45, 2.75) is 51.5 Å². The summed E-state index contributed by atoms with van der Waals surface area (Å²) in [4.78, 5) is 30.4. The summed E-state index contributed by atoms with van der Waals surface area (Å²) in [6, 6.07) is 18.2. The van der Waals surface area contributed by atoms with Crippen LogP contribution in [0.1, 0.15) is 44.4 Å². The van der Waals surface area contributed by atoms with E-state index in [4.69, 9.17) is 9.57 Å². The predicted molar refractivity (Wildman–Crippen MR) is 114 cm³/mol. The first-order valence-corrected chi connectivity index (χ1v) is 10.1. The van der Waals surface area contributed by atoms with Crippen molar-refractivity contribution in [3.8, 4) is 0 Å². The number of hydrogen-bond acceptors (Lipinski definition) is 5. The van der Waals surface area contributed by atoms with E-state index in [0.29, 0.717) is 18.5 Å². The van der Waals surface area contributed by atoms with Gasteiger partial charge < -0.3 is 10.1 Å². The lowest BCUT2D eigenvalue weighted by Crippen LogP contribution is -2.53. The van der Waals surface area contributed by atoms with Crippen LogP contribution in [0.15, 0.2) is 66.2 Å².